The Labute approximate surface area is 223 Å². The fourth-order valence-electron chi connectivity index (χ4n) is 3.58. The first-order valence-electron chi connectivity index (χ1n) is 11.5. The zero-order chi connectivity index (χ0) is 26.1. The average Bonchev–Trinajstić information content (AvgIpc) is 2.85. The predicted molar refractivity (Wildman–Crippen MR) is 149 cm³/mol. The number of methoxy groups -OCH3 is 1. The second-order valence-corrected chi connectivity index (χ2v) is 11.8. The molecule has 36 heavy (non-hydrogen) atoms. The van der Waals surface area contributed by atoms with E-state index in [1.54, 1.807) is 36.0 Å². The maximum Gasteiger partial charge on any atom is 0.264 e. The lowest BCUT2D eigenvalue weighted by atomic mass is 10.2. The normalized spacial score (nSPS) is 11.2. The molecule has 0 saturated heterocycles. The van der Waals surface area contributed by atoms with Crippen molar-refractivity contribution in [3.05, 3.63) is 88.4 Å². The number of rotatable bonds is 12. The highest BCUT2D eigenvalue weighted by Gasteiger charge is 2.29. The van der Waals surface area contributed by atoms with E-state index in [-0.39, 0.29) is 10.6 Å². The van der Waals surface area contributed by atoms with E-state index < -0.39 is 22.5 Å². The molecule has 0 fully saturated rings. The Morgan fingerprint density at radius 3 is 2.47 bits per heavy atom. The molecule has 3 aromatic carbocycles. The molecule has 0 aliphatic heterocycles. The first kappa shape index (κ1) is 27.9. The summed E-state index contributed by atoms with van der Waals surface area (Å²) >= 11 is 7.97. The zero-order valence-electron chi connectivity index (χ0n) is 20.7. The topological polar surface area (TPSA) is 75.7 Å². The SMILES string of the molecule is COc1ccc(Cl)cc1N(CC(=O)NCCCSCc1cccc(C)c1)S(=O)(=O)c1ccc(C)cc1. The lowest BCUT2D eigenvalue weighted by molar-refractivity contribution is -0.119. The molecule has 9 heteroatoms. The Hall–Kier alpha value is -2.68. The Kier molecular flexibility index (Phi) is 10.1. The van der Waals surface area contributed by atoms with Crippen molar-refractivity contribution in [1.82, 2.24) is 5.32 Å². The summed E-state index contributed by atoms with van der Waals surface area (Å²) in [5.74, 6) is 1.68. The van der Waals surface area contributed by atoms with Crippen LogP contribution in [-0.2, 0) is 20.6 Å². The largest absolute Gasteiger partial charge is 0.495 e. The molecule has 0 atom stereocenters. The van der Waals surface area contributed by atoms with Gasteiger partial charge < -0.3 is 10.1 Å². The second kappa shape index (κ2) is 13.0. The van der Waals surface area contributed by atoms with Gasteiger partial charge in [0.25, 0.3) is 10.0 Å². The molecule has 3 rings (SSSR count). The number of carbonyl (C=O) groups excluding carboxylic acids is 1. The molecule has 0 heterocycles. The molecule has 0 spiro atoms. The quantitative estimate of drug-likeness (QED) is 0.299. The number of nitrogens with zero attached hydrogens (tertiary/aromatic N) is 1. The summed E-state index contributed by atoms with van der Waals surface area (Å²) < 4.78 is 33.6. The Balaban J connectivity index is 1.66. The van der Waals surface area contributed by atoms with Gasteiger partial charge in [-0.2, -0.15) is 11.8 Å². The van der Waals surface area contributed by atoms with Crippen molar-refractivity contribution in [1.29, 1.82) is 0 Å². The molecule has 0 aliphatic rings. The third kappa shape index (κ3) is 7.66. The minimum Gasteiger partial charge on any atom is -0.495 e. The van der Waals surface area contributed by atoms with Crippen LogP contribution in [0.15, 0.2) is 71.6 Å². The number of carbonyl (C=O) groups is 1. The highest BCUT2D eigenvalue weighted by Crippen LogP contribution is 2.34. The van der Waals surface area contributed by atoms with E-state index in [2.05, 4.69) is 36.5 Å². The summed E-state index contributed by atoms with van der Waals surface area (Å²) in [5, 5.41) is 3.18. The van der Waals surface area contributed by atoms with Crippen molar-refractivity contribution in [2.24, 2.45) is 0 Å². The summed E-state index contributed by atoms with van der Waals surface area (Å²) in [6, 6.07) is 19.6. The molecular formula is C27H31ClN2O4S2. The van der Waals surface area contributed by atoms with Gasteiger partial charge in [-0.3, -0.25) is 9.10 Å². The van der Waals surface area contributed by atoms with Crippen molar-refractivity contribution in [2.45, 2.75) is 30.9 Å². The van der Waals surface area contributed by atoms with E-state index in [4.69, 9.17) is 16.3 Å². The molecular weight excluding hydrogens is 516 g/mol. The smallest absolute Gasteiger partial charge is 0.264 e. The van der Waals surface area contributed by atoms with Crippen LogP contribution in [0.5, 0.6) is 5.75 Å². The maximum absolute atomic E-state index is 13.6. The standard InChI is InChI=1S/C27H31ClN2O4S2/c1-20-8-11-24(12-9-20)36(32,33)30(25-17-23(28)10-13-26(25)34-3)18-27(31)29-14-5-15-35-19-22-7-4-6-21(2)16-22/h4,6-13,16-17H,5,14-15,18-19H2,1-3H3,(H,29,31). The van der Waals surface area contributed by atoms with Crippen LogP contribution in [0.2, 0.25) is 5.02 Å². The fraction of sp³-hybridized carbons (Fsp3) is 0.296. The van der Waals surface area contributed by atoms with Gasteiger partial charge in [-0.15, -0.1) is 0 Å². The molecule has 0 aromatic heterocycles. The van der Waals surface area contributed by atoms with Crippen molar-refractivity contribution in [3.63, 3.8) is 0 Å². The van der Waals surface area contributed by atoms with Gasteiger partial charge in [0, 0.05) is 17.3 Å². The fourth-order valence-corrected chi connectivity index (χ4v) is 6.07. The number of aryl methyl sites for hydroxylation is 2. The molecule has 0 bridgehead atoms. The van der Waals surface area contributed by atoms with Crippen LogP contribution < -0.4 is 14.4 Å². The van der Waals surface area contributed by atoms with Crippen LogP contribution in [0, 0.1) is 13.8 Å². The van der Waals surface area contributed by atoms with Gasteiger partial charge in [-0.05, 0) is 61.9 Å². The molecule has 0 unspecified atom stereocenters. The van der Waals surface area contributed by atoms with Crippen molar-refractivity contribution >= 4 is 45.0 Å². The monoisotopic (exact) mass is 546 g/mol. The van der Waals surface area contributed by atoms with Crippen molar-refractivity contribution in [2.75, 3.05) is 30.3 Å². The molecule has 3 aromatic rings. The number of sulfonamides is 1. The lowest BCUT2D eigenvalue weighted by Crippen LogP contribution is -2.41. The van der Waals surface area contributed by atoms with Gasteiger partial charge >= 0.3 is 0 Å². The van der Waals surface area contributed by atoms with Gasteiger partial charge in [0.1, 0.15) is 12.3 Å². The molecule has 192 valence electrons. The van der Waals surface area contributed by atoms with E-state index in [1.807, 2.05) is 6.92 Å². The van der Waals surface area contributed by atoms with E-state index in [0.717, 1.165) is 27.8 Å². The third-order valence-corrected chi connectivity index (χ3v) is 8.57. The number of amides is 1. The van der Waals surface area contributed by atoms with Crippen LogP contribution in [0.25, 0.3) is 0 Å². The third-order valence-electron chi connectivity index (χ3n) is 5.44. The van der Waals surface area contributed by atoms with Gasteiger partial charge in [0.05, 0.1) is 17.7 Å². The van der Waals surface area contributed by atoms with E-state index in [9.17, 15) is 13.2 Å². The number of halogens is 1. The first-order chi connectivity index (χ1) is 17.2. The van der Waals surface area contributed by atoms with E-state index in [1.165, 1.54) is 36.4 Å². The van der Waals surface area contributed by atoms with E-state index in [0.29, 0.717) is 17.3 Å². The average molecular weight is 547 g/mol. The van der Waals surface area contributed by atoms with Gasteiger partial charge in [-0.1, -0.05) is 59.1 Å². The number of hydrogen-bond acceptors (Lipinski definition) is 5. The highest BCUT2D eigenvalue weighted by molar-refractivity contribution is 7.98. The summed E-state index contributed by atoms with van der Waals surface area (Å²) in [6.07, 6.45) is 0.771. The molecule has 0 saturated carbocycles. The van der Waals surface area contributed by atoms with Crippen molar-refractivity contribution < 1.29 is 17.9 Å². The minimum absolute atomic E-state index is 0.0791. The summed E-state index contributed by atoms with van der Waals surface area (Å²) in [7, 11) is -2.62. The molecule has 0 aliphatic carbocycles. The number of thioether (sulfide) groups is 1. The highest BCUT2D eigenvalue weighted by atomic mass is 35.5. The summed E-state index contributed by atoms with van der Waals surface area (Å²) in [4.78, 5) is 12.9. The van der Waals surface area contributed by atoms with Crippen LogP contribution in [0.1, 0.15) is 23.1 Å². The summed E-state index contributed by atoms with van der Waals surface area (Å²) in [5.41, 5.74) is 3.64. The Bertz CT molecular complexity index is 1280. The number of nitrogens with one attached hydrogen (secondary N) is 1. The predicted octanol–water partition coefficient (Wildman–Crippen LogP) is 5.60. The molecule has 6 nitrogen and oxygen atoms in total. The second-order valence-electron chi connectivity index (χ2n) is 8.39. The van der Waals surface area contributed by atoms with Crippen LogP contribution in [0.4, 0.5) is 5.69 Å². The van der Waals surface area contributed by atoms with E-state index >= 15 is 0 Å². The van der Waals surface area contributed by atoms with Gasteiger partial charge in [0.15, 0.2) is 0 Å². The summed E-state index contributed by atoms with van der Waals surface area (Å²) in [6.45, 7) is 4.00. The van der Waals surface area contributed by atoms with Crippen molar-refractivity contribution in [3.8, 4) is 5.75 Å². The minimum atomic E-state index is -4.06. The first-order valence-corrected chi connectivity index (χ1v) is 14.5. The Morgan fingerprint density at radius 2 is 1.78 bits per heavy atom. The lowest BCUT2D eigenvalue weighted by Gasteiger charge is -2.26. The van der Waals surface area contributed by atoms with Crippen LogP contribution in [0.3, 0.4) is 0 Å². The molecule has 1 N–H and O–H groups in total. The number of benzene rings is 3. The zero-order valence-corrected chi connectivity index (χ0v) is 23.0. The molecule has 0 radical (unpaired) electrons. The van der Waals surface area contributed by atoms with Gasteiger partial charge in [-0.25, -0.2) is 8.42 Å². The maximum atomic E-state index is 13.6. The number of ether oxygens (including phenoxy) is 1. The number of hydrogen-bond donors (Lipinski definition) is 1. The molecule has 1 amide bonds. The van der Waals surface area contributed by atoms with Crippen LogP contribution in [-0.4, -0.2) is 40.3 Å². The van der Waals surface area contributed by atoms with Gasteiger partial charge in [0.2, 0.25) is 5.91 Å². The van der Waals surface area contributed by atoms with Crippen LogP contribution >= 0.6 is 23.4 Å². The Morgan fingerprint density at radius 1 is 1.03 bits per heavy atom. The number of anilines is 1.